The van der Waals surface area contributed by atoms with Gasteiger partial charge in [-0.1, -0.05) is 12.8 Å². The molecule has 13 heteroatoms. The van der Waals surface area contributed by atoms with Gasteiger partial charge in [0.15, 0.2) is 0 Å². The summed E-state index contributed by atoms with van der Waals surface area (Å²) in [5, 5.41) is 14.4. The smallest absolute Gasteiger partial charge is 0.319 e. The van der Waals surface area contributed by atoms with Crippen molar-refractivity contribution in [1.82, 2.24) is 19.5 Å². The molecule has 38 heavy (non-hydrogen) atoms. The Hall–Kier alpha value is -2.87. The predicted molar refractivity (Wildman–Crippen MR) is 142 cm³/mol. The van der Waals surface area contributed by atoms with Crippen LogP contribution in [-0.4, -0.2) is 83.6 Å². The first-order valence-electron chi connectivity index (χ1n) is 12.8. The number of ether oxygens (including phenoxy) is 1. The van der Waals surface area contributed by atoms with Gasteiger partial charge in [-0.2, -0.15) is 4.37 Å². The maximum absolute atomic E-state index is 14.1. The first-order valence-corrected chi connectivity index (χ1v) is 13.5. The van der Waals surface area contributed by atoms with Crippen molar-refractivity contribution in [3.8, 4) is 5.88 Å². The Labute approximate surface area is 225 Å². The lowest BCUT2D eigenvalue weighted by molar-refractivity contribution is 0.0996. The number of urea groups is 1. The number of anilines is 1. The highest BCUT2D eigenvalue weighted by Crippen LogP contribution is 2.31. The lowest BCUT2D eigenvalue weighted by Crippen LogP contribution is -2.47. The number of amides is 3. The number of carbonyl (C=O) groups excluding carboxylic acids is 2. The van der Waals surface area contributed by atoms with Crippen molar-refractivity contribution >= 4 is 28.5 Å². The van der Waals surface area contributed by atoms with Gasteiger partial charge in [-0.3, -0.25) is 15.0 Å². The molecule has 0 atom stereocenters. The summed E-state index contributed by atoms with van der Waals surface area (Å²) in [6.45, 7) is 7.61. The molecule has 1 fully saturated rings. The Kier molecular flexibility index (Phi) is 11.6. The van der Waals surface area contributed by atoms with Gasteiger partial charge in [0.2, 0.25) is 5.88 Å². The van der Waals surface area contributed by atoms with E-state index in [1.807, 2.05) is 0 Å². The van der Waals surface area contributed by atoms with Gasteiger partial charge in [-0.05, 0) is 55.5 Å². The molecule has 2 aromatic rings. The van der Waals surface area contributed by atoms with Crippen LogP contribution in [0.3, 0.4) is 0 Å². The highest BCUT2D eigenvalue weighted by molar-refractivity contribution is 7.11. The van der Waals surface area contributed by atoms with E-state index < -0.39 is 23.6 Å². The number of benzene rings is 1. The molecule has 0 bridgehead atoms. The van der Waals surface area contributed by atoms with Gasteiger partial charge in [0.1, 0.15) is 28.8 Å². The van der Waals surface area contributed by atoms with Crippen molar-refractivity contribution in [1.29, 1.82) is 0 Å². The molecule has 3 rings (SSSR count). The fourth-order valence-electron chi connectivity index (χ4n) is 4.16. The Balaban J connectivity index is 1.36. The molecule has 1 aliphatic rings. The molecule has 2 heterocycles. The first kappa shape index (κ1) is 29.7. The zero-order chi connectivity index (χ0) is 27.5. The number of unbranched alkanes of at least 4 members (excludes halogenated alkanes) is 3. The average Bonchev–Trinajstić information content (AvgIpc) is 3.28. The van der Waals surface area contributed by atoms with Crippen LogP contribution < -0.4 is 21.1 Å². The van der Waals surface area contributed by atoms with Crippen LogP contribution in [-0.2, 0) is 6.61 Å². The van der Waals surface area contributed by atoms with Crippen molar-refractivity contribution in [2.75, 3.05) is 57.7 Å². The number of aliphatic hydroxyl groups is 1. The lowest BCUT2D eigenvalue weighted by Gasteiger charge is -2.34. The number of aliphatic hydroxyl groups excluding tert-OH is 1. The number of nitrogens with one attached hydrogen (secondary N) is 2. The van der Waals surface area contributed by atoms with E-state index in [2.05, 4.69) is 24.8 Å². The zero-order valence-corrected chi connectivity index (χ0v) is 22.4. The van der Waals surface area contributed by atoms with E-state index in [0.29, 0.717) is 6.54 Å². The van der Waals surface area contributed by atoms with Crippen molar-refractivity contribution in [2.45, 2.75) is 39.2 Å². The lowest BCUT2D eigenvalue weighted by atomic mass is 10.1. The number of primary amides is 1. The van der Waals surface area contributed by atoms with E-state index in [1.165, 1.54) is 6.92 Å². The normalized spacial score (nSPS) is 14.4. The summed E-state index contributed by atoms with van der Waals surface area (Å²) in [5.74, 6) is -2.25. The molecular formula is C25H36F2N6O4S. The maximum Gasteiger partial charge on any atom is 0.319 e. The van der Waals surface area contributed by atoms with Crippen LogP contribution in [0.5, 0.6) is 5.88 Å². The van der Waals surface area contributed by atoms with Crippen LogP contribution >= 0.6 is 11.5 Å². The summed E-state index contributed by atoms with van der Waals surface area (Å²) in [6.07, 6.45) is 3.95. The number of nitrogens with zero attached hydrogens (tertiary/aromatic N) is 3. The van der Waals surface area contributed by atoms with Crippen molar-refractivity contribution in [3.63, 3.8) is 0 Å². The number of hydrogen-bond donors (Lipinski definition) is 4. The zero-order valence-electron chi connectivity index (χ0n) is 21.6. The van der Waals surface area contributed by atoms with Crippen LogP contribution in [0.2, 0.25) is 0 Å². The fraction of sp³-hybridized carbons (Fsp3) is 0.560. The second-order valence-corrected chi connectivity index (χ2v) is 10.0. The third-order valence-corrected chi connectivity index (χ3v) is 7.14. The standard InChI is InChI=1S/C25H36F2N6O4S/c1-17-14-20(27)18(15-19(17)26)16-37-23-21(22(28)35)24(38-31-23)30-25(36)29-6-4-2-3-5-7-32-8-10-33(11-9-32)12-13-34/h14-15,34H,2-13,16H2,1H3,(H2,28,35)(H2,29,30,36). The Morgan fingerprint density at radius 1 is 1.08 bits per heavy atom. The summed E-state index contributed by atoms with van der Waals surface area (Å²) < 4.78 is 37.3. The van der Waals surface area contributed by atoms with Crippen LogP contribution in [0.15, 0.2) is 12.1 Å². The minimum absolute atomic E-state index is 0.0376. The molecular weight excluding hydrogens is 518 g/mol. The van der Waals surface area contributed by atoms with Gasteiger partial charge in [-0.25, -0.2) is 13.6 Å². The molecule has 10 nitrogen and oxygen atoms in total. The van der Waals surface area contributed by atoms with Gasteiger partial charge in [0, 0.05) is 44.8 Å². The van der Waals surface area contributed by atoms with Gasteiger partial charge < -0.3 is 25.8 Å². The fourth-order valence-corrected chi connectivity index (χ4v) is 4.90. The minimum atomic E-state index is -0.866. The van der Waals surface area contributed by atoms with E-state index >= 15 is 0 Å². The van der Waals surface area contributed by atoms with Crippen LogP contribution in [0.1, 0.15) is 47.2 Å². The maximum atomic E-state index is 14.1. The Bertz CT molecular complexity index is 1080. The van der Waals surface area contributed by atoms with Crippen molar-refractivity contribution < 1.29 is 28.2 Å². The third kappa shape index (κ3) is 8.86. The molecule has 0 saturated carbocycles. The molecule has 0 spiro atoms. The molecule has 1 aliphatic heterocycles. The monoisotopic (exact) mass is 554 g/mol. The Morgan fingerprint density at radius 2 is 1.76 bits per heavy atom. The number of hydrogen-bond acceptors (Lipinski definition) is 8. The molecule has 0 aliphatic carbocycles. The second kappa shape index (κ2) is 14.9. The molecule has 1 aromatic carbocycles. The number of carbonyl (C=O) groups is 2. The molecule has 1 aromatic heterocycles. The van der Waals surface area contributed by atoms with Crippen LogP contribution in [0.25, 0.3) is 0 Å². The summed E-state index contributed by atoms with van der Waals surface area (Å²) >= 11 is 0.809. The van der Waals surface area contributed by atoms with Gasteiger partial charge in [0.05, 0.1) is 6.61 Å². The number of aryl methyl sites for hydroxylation is 1. The van der Waals surface area contributed by atoms with Gasteiger partial charge in [0.25, 0.3) is 5.91 Å². The highest BCUT2D eigenvalue weighted by Gasteiger charge is 2.22. The first-order chi connectivity index (χ1) is 18.3. The summed E-state index contributed by atoms with van der Waals surface area (Å²) in [6, 6.07) is 1.58. The molecule has 210 valence electrons. The quantitative estimate of drug-likeness (QED) is 0.264. The molecule has 1 saturated heterocycles. The minimum Gasteiger partial charge on any atom is -0.471 e. The second-order valence-electron chi connectivity index (χ2n) is 9.24. The third-order valence-electron chi connectivity index (χ3n) is 6.39. The molecule has 5 N–H and O–H groups in total. The summed E-state index contributed by atoms with van der Waals surface area (Å²) in [4.78, 5) is 29.0. The van der Waals surface area contributed by atoms with Crippen LogP contribution in [0.4, 0.5) is 18.6 Å². The summed E-state index contributed by atoms with van der Waals surface area (Å²) in [5.41, 5.74) is 5.45. The molecule has 3 amide bonds. The highest BCUT2D eigenvalue weighted by atomic mass is 32.1. The van der Waals surface area contributed by atoms with Gasteiger partial charge in [-0.15, -0.1) is 0 Å². The number of aromatic nitrogens is 1. The number of halogens is 2. The van der Waals surface area contributed by atoms with Crippen molar-refractivity contribution in [2.24, 2.45) is 5.73 Å². The van der Waals surface area contributed by atoms with E-state index in [1.54, 1.807) is 0 Å². The van der Waals surface area contributed by atoms with Crippen LogP contribution in [0, 0.1) is 18.6 Å². The van der Waals surface area contributed by atoms with Gasteiger partial charge >= 0.3 is 6.03 Å². The largest absolute Gasteiger partial charge is 0.471 e. The number of piperazine rings is 1. The number of nitrogens with two attached hydrogens (primary N) is 1. The number of β-amino-alcohol motifs (C(OH)–C–C–N with tert-alkyl or cyclic N) is 1. The van der Waals surface area contributed by atoms with E-state index in [4.69, 9.17) is 15.6 Å². The topological polar surface area (TPSA) is 133 Å². The predicted octanol–water partition coefficient (Wildman–Crippen LogP) is 2.70. The summed E-state index contributed by atoms with van der Waals surface area (Å²) in [7, 11) is 0. The molecule has 0 unspecified atom stereocenters. The average molecular weight is 555 g/mol. The van der Waals surface area contributed by atoms with E-state index in [-0.39, 0.29) is 40.8 Å². The molecule has 0 radical (unpaired) electrons. The Morgan fingerprint density at radius 3 is 2.45 bits per heavy atom. The number of rotatable bonds is 14. The van der Waals surface area contributed by atoms with E-state index in [9.17, 15) is 18.4 Å². The van der Waals surface area contributed by atoms with E-state index in [0.717, 1.165) is 88.6 Å². The van der Waals surface area contributed by atoms with Crippen molar-refractivity contribution in [3.05, 3.63) is 40.5 Å². The SMILES string of the molecule is Cc1cc(F)c(COc2nsc(NC(=O)NCCCCCCN3CCN(CCO)CC3)c2C(N)=O)cc1F.